The van der Waals surface area contributed by atoms with Gasteiger partial charge in [-0.3, -0.25) is 4.79 Å². The Bertz CT molecular complexity index is 614. The summed E-state index contributed by atoms with van der Waals surface area (Å²) < 4.78 is 10.5. The van der Waals surface area contributed by atoms with Crippen LogP contribution in [-0.2, 0) is 9.53 Å². The number of carbonyl (C=O) groups excluding carboxylic acids is 1. The Morgan fingerprint density at radius 1 is 1.45 bits per heavy atom. The van der Waals surface area contributed by atoms with Crippen molar-refractivity contribution in [2.24, 2.45) is 0 Å². The van der Waals surface area contributed by atoms with Crippen molar-refractivity contribution in [1.29, 1.82) is 5.26 Å². The van der Waals surface area contributed by atoms with Crippen LogP contribution in [0.3, 0.4) is 0 Å². The smallest absolute Gasteiger partial charge is 0.267 e. The second-order valence-electron chi connectivity index (χ2n) is 4.96. The van der Waals surface area contributed by atoms with Crippen molar-refractivity contribution in [3.8, 4) is 11.8 Å². The van der Waals surface area contributed by atoms with Crippen LogP contribution in [0, 0.1) is 18.3 Å². The Labute approximate surface area is 129 Å². The quantitative estimate of drug-likeness (QED) is 0.676. The Morgan fingerprint density at radius 2 is 2.18 bits per heavy atom. The summed E-state index contributed by atoms with van der Waals surface area (Å²) in [5, 5.41) is 11.9. The van der Waals surface area contributed by atoms with Gasteiger partial charge in [-0.1, -0.05) is 6.07 Å². The molecule has 1 aromatic carbocycles. The van der Waals surface area contributed by atoms with E-state index in [9.17, 15) is 10.1 Å². The Morgan fingerprint density at radius 3 is 2.82 bits per heavy atom. The first-order valence-electron chi connectivity index (χ1n) is 7.03. The summed E-state index contributed by atoms with van der Waals surface area (Å²) >= 11 is 0. The molecule has 1 aliphatic rings. The van der Waals surface area contributed by atoms with Gasteiger partial charge in [0.05, 0.1) is 26.0 Å². The zero-order valence-electron chi connectivity index (χ0n) is 12.8. The molecule has 0 unspecified atom stereocenters. The van der Waals surface area contributed by atoms with Gasteiger partial charge in [0, 0.05) is 19.3 Å². The molecule has 1 amide bonds. The van der Waals surface area contributed by atoms with Crippen LogP contribution >= 0.6 is 0 Å². The number of nitriles is 1. The van der Waals surface area contributed by atoms with Crippen LogP contribution in [0.4, 0.5) is 5.69 Å². The van der Waals surface area contributed by atoms with Crippen LogP contribution in [0.1, 0.15) is 5.56 Å². The zero-order valence-corrected chi connectivity index (χ0v) is 12.8. The number of carbonyl (C=O) groups is 1. The number of morpholine rings is 1. The van der Waals surface area contributed by atoms with Crippen molar-refractivity contribution in [3.63, 3.8) is 0 Å². The largest absolute Gasteiger partial charge is 0.495 e. The van der Waals surface area contributed by atoms with Gasteiger partial charge in [-0.15, -0.1) is 0 Å². The number of hydrogen-bond acceptors (Lipinski definition) is 5. The molecule has 1 heterocycles. The molecule has 0 aromatic heterocycles. The molecule has 1 fully saturated rings. The summed E-state index contributed by atoms with van der Waals surface area (Å²) in [6, 6.07) is 7.43. The number of rotatable bonds is 4. The number of anilines is 1. The maximum absolute atomic E-state index is 12.3. The van der Waals surface area contributed by atoms with E-state index in [0.717, 1.165) is 5.56 Å². The van der Waals surface area contributed by atoms with Crippen molar-refractivity contribution in [2.45, 2.75) is 6.92 Å². The van der Waals surface area contributed by atoms with E-state index in [4.69, 9.17) is 9.47 Å². The summed E-state index contributed by atoms with van der Waals surface area (Å²) in [5.41, 5.74) is 1.60. The molecule has 0 saturated carbocycles. The number of nitrogens with one attached hydrogen (secondary N) is 1. The van der Waals surface area contributed by atoms with Gasteiger partial charge in [0.1, 0.15) is 17.4 Å². The minimum atomic E-state index is -0.446. The lowest BCUT2D eigenvalue weighted by atomic mass is 10.2. The van der Waals surface area contributed by atoms with E-state index in [2.05, 4.69) is 5.32 Å². The number of hydrogen-bond donors (Lipinski definition) is 1. The highest BCUT2D eigenvalue weighted by atomic mass is 16.5. The molecular formula is C16H19N3O3. The van der Waals surface area contributed by atoms with Crippen LogP contribution in [0.15, 0.2) is 30.0 Å². The molecule has 22 heavy (non-hydrogen) atoms. The molecule has 1 aromatic rings. The Kier molecular flexibility index (Phi) is 5.39. The van der Waals surface area contributed by atoms with E-state index < -0.39 is 5.91 Å². The standard InChI is InChI=1S/C16H19N3O3/c1-12-3-4-15(21-2)14(9-12)18-16(20)13(10-17)11-19-5-7-22-8-6-19/h3-4,9,11H,5-8H2,1-2H3,(H,18,20)/b13-11-. The number of amides is 1. The predicted molar refractivity (Wildman–Crippen MR) is 82.4 cm³/mol. The Balaban J connectivity index is 2.14. The highest BCUT2D eigenvalue weighted by Crippen LogP contribution is 2.25. The number of nitrogens with zero attached hydrogens (tertiary/aromatic N) is 2. The normalized spacial score (nSPS) is 15.1. The van der Waals surface area contributed by atoms with Crippen molar-refractivity contribution < 1.29 is 14.3 Å². The van der Waals surface area contributed by atoms with Crippen LogP contribution < -0.4 is 10.1 Å². The van der Waals surface area contributed by atoms with Crippen LogP contribution in [0.5, 0.6) is 5.75 Å². The number of aryl methyl sites for hydroxylation is 1. The summed E-state index contributed by atoms with van der Waals surface area (Å²) in [4.78, 5) is 14.2. The van der Waals surface area contributed by atoms with E-state index in [1.54, 1.807) is 18.3 Å². The molecule has 116 valence electrons. The average molecular weight is 301 g/mol. The van der Waals surface area contributed by atoms with Crippen molar-refractivity contribution in [3.05, 3.63) is 35.5 Å². The first kappa shape index (κ1) is 15.9. The van der Waals surface area contributed by atoms with Gasteiger partial charge in [-0.05, 0) is 24.6 Å². The fraction of sp³-hybridized carbons (Fsp3) is 0.375. The maximum Gasteiger partial charge on any atom is 0.267 e. The molecule has 0 radical (unpaired) electrons. The number of benzene rings is 1. The van der Waals surface area contributed by atoms with E-state index in [-0.39, 0.29) is 5.57 Å². The molecule has 1 aliphatic heterocycles. The fourth-order valence-corrected chi connectivity index (χ4v) is 2.14. The summed E-state index contributed by atoms with van der Waals surface area (Å²) in [5.74, 6) is 0.112. The number of ether oxygens (including phenoxy) is 2. The van der Waals surface area contributed by atoms with E-state index in [0.29, 0.717) is 37.7 Å². The van der Waals surface area contributed by atoms with Gasteiger partial charge in [0.15, 0.2) is 0 Å². The lowest BCUT2D eigenvalue weighted by molar-refractivity contribution is -0.112. The monoisotopic (exact) mass is 301 g/mol. The van der Waals surface area contributed by atoms with Crippen molar-refractivity contribution >= 4 is 11.6 Å². The molecule has 1 saturated heterocycles. The third-order valence-corrected chi connectivity index (χ3v) is 3.33. The molecular weight excluding hydrogens is 282 g/mol. The van der Waals surface area contributed by atoms with Gasteiger partial charge >= 0.3 is 0 Å². The molecule has 6 heteroatoms. The maximum atomic E-state index is 12.3. The third kappa shape index (κ3) is 3.99. The van der Waals surface area contributed by atoms with Gasteiger partial charge in [0.25, 0.3) is 5.91 Å². The Hall–Kier alpha value is -2.52. The van der Waals surface area contributed by atoms with Gasteiger partial charge in [-0.2, -0.15) is 5.26 Å². The van der Waals surface area contributed by atoms with E-state index >= 15 is 0 Å². The summed E-state index contributed by atoms with van der Waals surface area (Å²) in [6.45, 7) is 4.47. The van der Waals surface area contributed by atoms with Crippen LogP contribution in [0.25, 0.3) is 0 Å². The van der Waals surface area contributed by atoms with E-state index in [1.165, 1.54) is 7.11 Å². The molecule has 1 N–H and O–H groups in total. The third-order valence-electron chi connectivity index (χ3n) is 3.33. The highest BCUT2D eigenvalue weighted by Gasteiger charge is 2.15. The molecule has 2 rings (SSSR count). The summed E-state index contributed by atoms with van der Waals surface area (Å²) in [7, 11) is 1.54. The first-order valence-corrected chi connectivity index (χ1v) is 7.03. The molecule has 6 nitrogen and oxygen atoms in total. The minimum Gasteiger partial charge on any atom is -0.495 e. The lowest BCUT2D eigenvalue weighted by Crippen LogP contribution is -2.33. The molecule has 0 aliphatic carbocycles. The SMILES string of the molecule is COc1ccc(C)cc1NC(=O)/C(C#N)=C\N1CCOCC1. The zero-order chi connectivity index (χ0) is 15.9. The minimum absolute atomic E-state index is 0.0606. The highest BCUT2D eigenvalue weighted by molar-refractivity contribution is 6.07. The van der Waals surface area contributed by atoms with Gasteiger partial charge in [0.2, 0.25) is 0 Å². The summed E-state index contributed by atoms with van der Waals surface area (Å²) in [6.07, 6.45) is 1.58. The van der Waals surface area contributed by atoms with Crippen molar-refractivity contribution in [2.75, 3.05) is 38.7 Å². The molecule has 0 spiro atoms. The van der Waals surface area contributed by atoms with Crippen molar-refractivity contribution in [1.82, 2.24) is 4.90 Å². The second kappa shape index (κ2) is 7.48. The predicted octanol–water partition coefficient (Wildman–Crippen LogP) is 1.68. The molecule has 0 atom stereocenters. The van der Waals surface area contributed by atoms with Crippen LogP contribution in [-0.4, -0.2) is 44.2 Å². The number of methoxy groups -OCH3 is 1. The lowest BCUT2D eigenvalue weighted by Gasteiger charge is -2.25. The van der Waals surface area contributed by atoms with E-state index in [1.807, 2.05) is 24.0 Å². The average Bonchev–Trinajstić information content (AvgIpc) is 2.53. The first-order chi connectivity index (χ1) is 10.6. The fourth-order valence-electron chi connectivity index (χ4n) is 2.14. The van der Waals surface area contributed by atoms with Gasteiger partial charge < -0.3 is 19.7 Å². The van der Waals surface area contributed by atoms with Gasteiger partial charge in [-0.25, -0.2) is 0 Å². The topological polar surface area (TPSA) is 74.6 Å². The second-order valence-corrected chi connectivity index (χ2v) is 4.96. The molecule has 0 bridgehead atoms. The van der Waals surface area contributed by atoms with Crippen LogP contribution in [0.2, 0.25) is 0 Å².